The van der Waals surface area contributed by atoms with Gasteiger partial charge in [0.15, 0.2) is 6.61 Å². The molecule has 3 atom stereocenters. The maximum Gasteiger partial charge on any atom is 0.306 e. The predicted octanol–water partition coefficient (Wildman–Crippen LogP) is 2.91. The Morgan fingerprint density at radius 1 is 1.21 bits per heavy atom. The summed E-state index contributed by atoms with van der Waals surface area (Å²) in [6.07, 6.45) is 5.32. The van der Waals surface area contributed by atoms with E-state index in [4.69, 9.17) is 10.00 Å². The van der Waals surface area contributed by atoms with Crippen LogP contribution in [0.4, 0.5) is 5.69 Å². The number of anilines is 1. The number of ether oxygens (including phenoxy) is 1. The van der Waals surface area contributed by atoms with Crippen molar-refractivity contribution in [1.29, 1.82) is 5.26 Å². The number of benzene rings is 1. The number of fused-ring (bicyclic) bond motifs is 2. The molecule has 5 heteroatoms. The van der Waals surface area contributed by atoms with Crippen LogP contribution in [-0.4, -0.2) is 25.0 Å². The van der Waals surface area contributed by atoms with Gasteiger partial charge < -0.3 is 4.74 Å². The summed E-state index contributed by atoms with van der Waals surface area (Å²) in [5.74, 6) is 1.21. The molecule has 0 N–H and O–H groups in total. The fourth-order valence-corrected chi connectivity index (χ4v) is 4.12. The number of hydrogen-bond donors (Lipinski definition) is 0. The summed E-state index contributed by atoms with van der Waals surface area (Å²) in [6.45, 7) is -0.372. The normalized spacial score (nSPS) is 24.4. The third kappa shape index (κ3) is 3.76. The number of nitriles is 1. The summed E-state index contributed by atoms with van der Waals surface area (Å²) in [5.41, 5.74) is 0.633. The molecule has 0 spiro atoms. The van der Waals surface area contributed by atoms with E-state index < -0.39 is 0 Å². The Morgan fingerprint density at radius 3 is 2.62 bits per heavy atom. The second-order valence-corrected chi connectivity index (χ2v) is 6.77. The minimum atomic E-state index is -0.371. The van der Waals surface area contributed by atoms with Crippen molar-refractivity contribution in [3.8, 4) is 6.07 Å². The molecule has 3 rings (SSSR count). The van der Waals surface area contributed by atoms with Gasteiger partial charge in [0.05, 0.1) is 6.07 Å². The first-order chi connectivity index (χ1) is 11.7. The molecule has 0 heterocycles. The molecule has 2 fully saturated rings. The summed E-state index contributed by atoms with van der Waals surface area (Å²) in [6, 6.07) is 10.9. The molecule has 0 saturated heterocycles. The van der Waals surface area contributed by atoms with Gasteiger partial charge >= 0.3 is 5.97 Å². The van der Waals surface area contributed by atoms with Crippen LogP contribution < -0.4 is 4.90 Å². The third-order valence-corrected chi connectivity index (χ3v) is 5.27. The van der Waals surface area contributed by atoms with Gasteiger partial charge in [0, 0.05) is 12.1 Å². The molecule has 1 aromatic carbocycles. The van der Waals surface area contributed by atoms with E-state index in [9.17, 15) is 9.59 Å². The second-order valence-electron chi connectivity index (χ2n) is 6.77. The number of nitrogens with zero attached hydrogens (tertiary/aromatic N) is 2. The number of carbonyl (C=O) groups is 2. The Labute approximate surface area is 142 Å². The number of hydrogen-bond acceptors (Lipinski definition) is 4. The number of rotatable bonds is 6. The molecule has 24 heavy (non-hydrogen) atoms. The average Bonchev–Trinajstić information content (AvgIpc) is 3.21. The highest BCUT2D eigenvalue weighted by Crippen LogP contribution is 2.49. The largest absolute Gasteiger partial charge is 0.456 e. The van der Waals surface area contributed by atoms with E-state index in [1.165, 1.54) is 24.2 Å². The van der Waals surface area contributed by atoms with E-state index in [-0.39, 0.29) is 25.0 Å². The van der Waals surface area contributed by atoms with Crippen molar-refractivity contribution in [3.05, 3.63) is 30.3 Å². The van der Waals surface area contributed by atoms with Gasteiger partial charge in [0.2, 0.25) is 0 Å². The van der Waals surface area contributed by atoms with E-state index in [1.807, 2.05) is 12.1 Å². The lowest BCUT2D eigenvalue weighted by Crippen LogP contribution is -2.35. The van der Waals surface area contributed by atoms with Gasteiger partial charge in [-0.1, -0.05) is 24.6 Å². The lowest BCUT2D eigenvalue weighted by molar-refractivity contribution is -0.149. The zero-order valence-corrected chi connectivity index (χ0v) is 13.7. The molecule has 0 radical (unpaired) electrons. The van der Waals surface area contributed by atoms with E-state index in [1.54, 1.807) is 24.3 Å². The van der Waals surface area contributed by atoms with E-state index in [0.717, 1.165) is 12.3 Å². The van der Waals surface area contributed by atoms with Crippen LogP contribution in [0.2, 0.25) is 0 Å². The Kier molecular flexibility index (Phi) is 5.14. The van der Waals surface area contributed by atoms with Gasteiger partial charge in [0.25, 0.3) is 5.91 Å². The van der Waals surface area contributed by atoms with Gasteiger partial charge in [-0.05, 0) is 49.1 Å². The van der Waals surface area contributed by atoms with Crippen molar-refractivity contribution < 1.29 is 14.3 Å². The molecular weight excluding hydrogens is 304 g/mol. The van der Waals surface area contributed by atoms with Crippen LogP contribution in [0.15, 0.2) is 30.3 Å². The minimum Gasteiger partial charge on any atom is -0.456 e. The van der Waals surface area contributed by atoms with Crippen molar-refractivity contribution in [2.24, 2.45) is 17.8 Å². The first kappa shape index (κ1) is 16.5. The molecule has 1 aromatic rings. The quantitative estimate of drug-likeness (QED) is 0.595. The van der Waals surface area contributed by atoms with Crippen LogP contribution in [0.1, 0.15) is 32.1 Å². The summed E-state index contributed by atoms with van der Waals surface area (Å²) in [7, 11) is 0. The number of carbonyl (C=O) groups excluding carboxylic acids is 2. The molecule has 0 aromatic heterocycles. The molecule has 1 amide bonds. The van der Waals surface area contributed by atoms with Gasteiger partial charge in [-0.2, -0.15) is 5.26 Å². The number of amides is 1. The molecule has 2 bridgehead atoms. The summed E-state index contributed by atoms with van der Waals surface area (Å²) < 4.78 is 5.18. The van der Waals surface area contributed by atoms with E-state index >= 15 is 0 Å². The molecule has 126 valence electrons. The van der Waals surface area contributed by atoms with Crippen LogP contribution in [0, 0.1) is 29.1 Å². The Balaban J connectivity index is 1.50. The molecule has 2 saturated carbocycles. The standard InChI is InChI=1S/C19H22N2O3/c20-8-9-21(17-4-2-1-3-5-17)18(22)13-24-19(23)12-16-11-14-6-7-15(16)10-14/h1-5,14-16H,6-7,9-13H2/t14-,15-,16-/m0/s1. The van der Waals surface area contributed by atoms with Gasteiger partial charge in [-0.15, -0.1) is 0 Å². The minimum absolute atomic E-state index is 0.0627. The third-order valence-electron chi connectivity index (χ3n) is 5.27. The van der Waals surface area contributed by atoms with Crippen molar-refractivity contribution >= 4 is 17.6 Å². The maximum atomic E-state index is 12.3. The lowest BCUT2D eigenvalue weighted by atomic mass is 9.86. The van der Waals surface area contributed by atoms with Crippen LogP contribution >= 0.6 is 0 Å². The zero-order chi connectivity index (χ0) is 16.9. The molecular formula is C19H22N2O3. The molecule has 2 aliphatic rings. The van der Waals surface area contributed by atoms with Gasteiger partial charge in [-0.25, -0.2) is 0 Å². The predicted molar refractivity (Wildman–Crippen MR) is 88.9 cm³/mol. The van der Waals surface area contributed by atoms with Crippen molar-refractivity contribution in [2.45, 2.75) is 32.1 Å². The maximum absolute atomic E-state index is 12.3. The fraction of sp³-hybridized carbons (Fsp3) is 0.526. The highest BCUT2D eigenvalue weighted by molar-refractivity contribution is 5.95. The lowest BCUT2D eigenvalue weighted by Gasteiger charge is -2.22. The van der Waals surface area contributed by atoms with Crippen molar-refractivity contribution in [3.63, 3.8) is 0 Å². The number of para-hydroxylation sites is 1. The van der Waals surface area contributed by atoms with Crippen molar-refractivity contribution in [1.82, 2.24) is 0 Å². The molecule has 0 unspecified atom stereocenters. The van der Waals surface area contributed by atoms with Crippen LogP contribution in [0.5, 0.6) is 0 Å². The number of esters is 1. The molecule has 5 nitrogen and oxygen atoms in total. The average molecular weight is 326 g/mol. The Hall–Kier alpha value is -2.35. The monoisotopic (exact) mass is 326 g/mol. The summed E-state index contributed by atoms with van der Waals surface area (Å²) in [4.78, 5) is 25.7. The molecule has 0 aliphatic heterocycles. The highest BCUT2D eigenvalue weighted by atomic mass is 16.5. The first-order valence-electron chi connectivity index (χ1n) is 8.55. The Morgan fingerprint density at radius 2 is 2.00 bits per heavy atom. The first-order valence-corrected chi connectivity index (χ1v) is 8.55. The van der Waals surface area contributed by atoms with Crippen LogP contribution in [0.3, 0.4) is 0 Å². The summed E-state index contributed by atoms with van der Waals surface area (Å²) in [5, 5.41) is 8.92. The van der Waals surface area contributed by atoms with Crippen LogP contribution in [-0.2, 0) is 14.3 Å². The Bertz CT molecular complexity index is 638. The topological polar surface area (TPSA) is 70.4 Å². The summed E-state index contributed by atoms with van der Waals surface area (Å²) >= 11 is 0. The van der Waals surface area contributed by atoms with Gasteiger partial charge in [0.1, 0.15) is 6.54 Å². The van der Waals surface area contributed by atoms with Gasteiger partial charge in [-0.3, -0.25) is 14.5 Å². The SMILES string of the molecule is N#CCN(C(=O)COC(=O)C[C@@H]1C[C@H]2CC[C@H]1C2)c1ccccc1. The highest BCUT2D eigenvalue weighted by Gasteiger charge is 2.40. The second kappa shape index (κ2) is 7.48. The van der Waals surface area contributed by atoms with Crippen LogP contribution in [0.25, 0.3) is 0 Å². The van der Waals surface area contributed by atoms with E-state index in [0.29, 0.717) is 23.9 Å². The zero-order valence-electron chi connectivity index (χ0n) is 13.7. The van der Waals surface area contributed by atoms with Crippen molar-refractivity contribution in [2.75, 3.05) is 18.1 Å². The van der Waals surface area contributed by atoms with E-state index in [2.05, 4.69) is 0 Å². The molecule has 2 aliphatic carbocycles. The fourth-order valence-electron chi connectivity index (χ4n) is 4.12. The smallest absolute Gasteiger partial charge is 0.306 e.